The molecule has 1 rings (SSSR count). The van der Waals surface area contributed by atoms with Crippen LogP contribution in [0.5, 0.6) is 0 Å². The number of amides is 1. The van der Waals surface area contributed by atoms with Crippen LogP contribution in [-0.4, -0.2) is 32.9 Å². The fraction of sp³-hybridized carbons (Fsp3) is 0.600. The van der Waals surface area contributed by atoms with E-state index in [2.05, 4.69) is 10.4 Å². The highest BCUT2D eigenvalue weighted by molar-refractivity contribution is 5.75. The topological polar surface area (TPSA) is 67.2 Å². The SMILES string of the molecule is CC(C)(O)CNC(=O)CCn1cccn1. The third-order valence-electron chi connectivity index (χ3n) is 1.85. The van der Waals surface area contributed by atoms with Crippen LogP contribution in [0, 0.1) is 0 Å². The smallest absolute Gasteiger partial charge is 0.221 e. The summed E-state index contributed by atoms with van der Waals surface area (Å²) in [6.45, 7) is 4.14. The fourth-order valence-electron chi connectivity index (χ4n) is 1.05. The van der Waals surface area contributed by atoms with E-state index >= 15 is 0 Å². The highest BCUT2D eigenvalue weighted by Gasteiger charge is 2.13. The molecule has 0 aliphatic heterocycles. The quantitative estimate of drug-likeness (QED) is 0.729. The molecule has 15 heavy (non-hydrogen) atoms. The zero-order valence-corrected chi connectivity index (χ0v) is 9.10. The van der Waals surface area contributed by atoms with E-state index in [0.29, 0.717) is 13.0 Å². The second-order valence-electron chi connectivity index (χ2n) is 4.11. The number of nitrogens with one attached hydrogen (secondary N) is 1. The molecule has 0 aliphatic rings. The summed E-state index contributed by atoms with van der Waals surface area (Å²) in [5.41, 5.74) is -0.860. The molecule has 0 radical (unpaired) electrons. The Morgan fingerprint density at radius 3 is 2.87 bits per heavy atom. The molecule has 5 nitrogen and oxygen atoms in total. The number of rotatable bonds is 5. The first-order valence-corrected chi connectivity index (χ1v) is 4.94. The standard InChI is InChI=1S/C10H17N3O2/c1-10(2,15)8-11-9(14)4-7-13-6-3-5-12-13/h3,5-6,15H,4,7-8H2,1-2H3,(H,11,14). The molecule has 0 saturated carbocycles. The van der Waals surface area contributed by atoms with Crippen LogP contribution in [0.3, 0.4) is 0 Å². The molecule has 5 heteroatoms. The summed E-state index contributed by atoms with van der Waals surface area (Å²) in [5.74, 6) is -0.0763. The molecule has 0 aromatic carbocycles. The molecule has 0 fully saturated rings. The highest BCUT2D eigenvalue weighted by atomic mass is 16.3. The Hall–Kier alpha value is -1.36. The Morgan fingerprint density at radius 1 is 1.60 bits per heavy atom. The molecule has 1 amide bonds. The van der Waals surface area contributed by atoms with Gasteiger partial charge in [-0.1, -0.05) is 0 Å². The number of nitrogens with zero attached hydrogens (tertiary/aromatic N) is 2. The third-order valence-corrected chi connectivity index (χ3v) is 1.85. The lowest BCUT2D eigenvalue weighted by Crippen LogP contribution is -2.38. The van der Waals surface area contributed by atoms with Crippen molar-refractivity contribution < 1.29 is 9.90 Å². The molecule has 1 aromatic rings. The second-order valence-corrected chi connectivity index (χ2v) is 4.11. The molecule has 2 N–H and O–H groups in total. The Bertz CT molecular complexity index is 301. The van der Waals surface area contributed by atoms with Gasteiger partial charge >= 0.3 is 0 Å². The number of aromatic nitrogens is 2. The van der Waals surface area contributed by atoms with Crippen molar-refractivity contribution in [2.75, 3.05) is 6.54 Å². The van der Waals surface area contributed by atoms with Crippen LogP contribution in [0.4, 0.5) is 0 Å². The largest absolute Gasteiger partial charge is 0.389 e. The van der Waals surface area contributed by atoms with Crippen molar-refractivity contribution in [3.05, 3.63) is 18.5 Å². The number of carbonyl (C=O) groups excluding carboxylic acids is 1. The van der Waals surface area contributed by atoms with E-state index in [1.165, 1.54) is 0 Å². The van der Waals surface area contributed by atoms with Gasteiger partial charge in [-0.3, -0.25) is 9.48 Å². The summed E-state index contributed by atoms with van der Waals surface area (Å²) in [6, 6.07) is 1.81. The Labute approximate surface area is 89.1 Å². The van der Waals surface area contributed by atoms with Crippen LogP contribution in [-0.2, 0) is 11.3 Å². The summed E-state index contributed by atoms with van der Waals surface area (Å²) in [5, 5.41) is 16.0. The number of aliphatic hydroxyl groups is 1. The molecule has 0 unspecified atom stereocenters. The Morgan fingerprint density at radius 2 is 2.33 bits per heavy atom. The van der Waals surface area contributed by atoms with E-state index in [1.54, 1.807) is 24.7 Å². The monoisotopic (exact) mass is 211 g/mol. The summed E-state index contributed by atoms with van der Waals surface area (Å²) < 4.78 is 1.70. The van der Waals surface area contributed by atoms with Gasteiger partial charge in [0.05, 0.1) is 5.60 Å². The number of aryl methyl sites for hydroxylation is 1. The molecule has 0 bridgehead atoms. The first-order chi connectivity index (χ1) is 6.97. The number of hydrogen-bond donors (Lipinski definition) is 2. The van der Waals surface area contributed by atoms with E-state index in [1.807, 2.05) is 12.3 Å². The lowest BCUT2D eigenvalue weighted by Gasteiger charge is -2.17. The van der Waals surface area contributed by atoms with Crippen LogP contribution in [0.15, 0.2) is 18.5 Å². The van der Waals surface area contributed by atoms with Crippen LogP contribution in [0.1, 0.15) is 20.3 Å². The summed E-state index contributed by atoms with van der Waals surface area (Å²) in [7, 11) is 0. The first kappa shape index (κ1) is 11.7. The normalized spacial score (nSPS) is 11.4. The van der Waals surface area contributed by atoms with Gasteiger partial charge in [0.2, 0.25) is 5.91 Å². The maximum absolute atomic E-state index is 11.3. The van der Waals surface area contributed by atoms with Gasteiger partial charge in [0.1, 0.15) is 0 Å². The number of carbonyl (C=O) groups is 1. The molecule has 1 aromatic heterocycles. The predicted octanol–water partition coefficient (Wildman–Crippen LogP) is 0.160. The second kappa shape index (κ2) is 4.93. The first-order valence-electron chi connectivity index (χ1n) is 4.94. The minimum atomic E-state index is -0.860. The van der Waals surface area contributed by atoms with Crippen LogP contribution in [0.25, 0.3) is 0 Å². The molecule has 0 spiro atoms. The molecular formula is C10H17N3O2. The lowest BCUT2D eigenvalue weighted by molar-refractivity contribution is -0.122. The fourth-order valence-corrected chi connectivity index (χ4v) is 1.05. The van der Waals surface area contributed by atoms with Crippen LogP contribution < -0.4 is 5.32 Å². The Balaban J connectivity index is 2.20. The molecule has 1 heterocycles. The summed E-state index contributed by atoms with van der Waals surface area (Å²) >= 11 is 0. The zero-order valence-electron chi connectivity index (χ0n) is 9.10. The van der Waals surface area contributed by atoms with Crippen molar-refractivity contribution in [1.82, 2.24) is 15.1 Å². The van der Waals surface area contributed by atoms with Crippen LogP contribution >= 0.6 is 0 Å². The minimum Gasteiger partial charge on any atom is -0.389 e. The van der Waals surface area contributed by atoms with Crippen molar-refractivity contribution in [1.29, 1.82) is 0 Å². The van der Waals surface area contributed by atoms with Crippen molar-refractivity contribution in [3.63, 3.8) is 0 Å². The minimum absolute atomic E-state index is 0.0763. The average Bonchev–Trinajstić information content (AvgIpc) is 2.62. The van der Waals surface area contributed by atoms with E-state index in [-0.39, 0.29) is 12.5 Å². The van der Waals surface area contributed by atoms with E-state index in [0.717, 1.165) is 0 Å². The highest BCUT2D eigenvalue weighted by Crippen LogP contribution is 1.97. The maximum Gasteiger partial charge on any atom is 0.221 e. The van der Waals surface area contributed by atoms with E-state index in [4.69, 9.17) is 0 Å². The zero-order chi connectivity index (χ0) is 11.3. The number of hydrogen-bond acceptors (Lipinski definition) is 3. The average molecular weight is 211 g/mol. The van der Waals surface area contributed by atoms with Gasteiger partial charge in [-0.15, -0.1) is 0 Å². The molecule has 84 valence electrons. The van der Waals surface area contributed by atoms with E-state index < -0.39 is 5.60 Å². The Kier molecular flexibility index (Phi) is 3.85. The lowest BCUT2D eigenvalue weighted by atomic mass is 10.1. The van der Waals surface area contributed by atoms with Gasteiger partial charge in [-0.2, -0.15) is 5.10 Å². The maximum atomic E-state index is 11.3. The van der Waals surface area contributed by atoms with Crippen molar-refractivity contribution >= 4 is 5.91 Å². The van der Waals surface area contributed by atoms with Gasteiger partial charge < -0.3 is 10.4 Å². The van der Waals surface area contributed by atoms with Gasteiger partial charge in [-0.05, 0) is 19.9 Å². The van der Waals surface area contributed by atoms with Crippen molar-refractivity contribution in [2.24, 2.45) is 0 Å². The van der Waals surface area contributed by atoms with Crippen LogP contribution in [0.2, 0.25) is 0 Å². The molecule has 0 aliphatic carbocycles. The summed E-state index contributed by atoms with van der Waals surface area (Å²) in [6.07, 6.45) is 3.86. The van der Waals surface area contributed by atoms with Crippen molar-refractivity contribution in [3.8, 4) is 0 Å². The summed E-state index contributed by atoms with van der Waals surface area (Å²) in [4.78, 5) is 11.3. The van der Waals surface area contributed by atoms with Gasteiger partial charge in [-0.25, -0.2) is 0 Å². The van der Waals surface area contributed by atoms with Crippen molar-refractivity contribution in [2.45, 2.75) is 32.4 Å². The van der Waals surface area contributed by atoms with E-state index in [9.17, 15) is 9.90 Å². The van der Waals surface area contributed by atoms with Gasteiger partial charge in [0.15, 0.2) is 0 Å². The van der Waals surface area contributed by atoms with Gasteiger partial charge in [0.25, 0.3) is 0 Å². The molecule has 0 atom stereocenters. The molecular weight excluding hydrogens is 194 g/mol. The third kappa shape index (κ3) is 5.17. The van der Waals surface area contributed by atoms with Gasteiger partial charge in [0, 0.05) is 31.9 Å². The predicted molar refractivity (Wildman–Crippen MR) is 56.2 cm³/mol. The molecule has 0 saturated heterocycles.